The first-order chi connectivity index (χ1) is 15.3. The summed E-state index contributed by atoms with van der Waals surface area (Å²) in [6, 6.07) is 9.20. The van der Waals surface area contributed by atoms with Crippen LogP contribution in [0.15, 0.2) is 46.2 Å². The van der Waals surface area contributed by atoms with Crippen molar-refractivity contribution in [2.24, 2.45) is 0 Å². The quantitative estimate of drug-likeness (QED) is 0.532. The van der Waals surface area contributed by atoms with Gasteiger partial charge in [-0.3, -0.25) is 9.36 Å². The Balaban J connectivity index is 1.21. The zero-order valence-corrected chi connectivity index (χ0v) is 17.8. The molecule has 2 aliphatic rings. The van der Waals surface area contributed by atoms with E-state index in [1.807, 2.05) is 12.1 Å². The van der Waals surface area contributed by atoms with Gasteiger partial charge in [0.25, 0.3) is 0 Å². The van der Waals surface area contributed by atoms with Crippen LogP contribution in [0.1, 0.15) is 25.0 Å². The molecule has 0 bridgehead atoms. The second kappa shape index (κ2) is 8.93. The predicted octanol–water partition coefficient (Wildman–Crippen LogP) is 3.37. The van der Waals surface area contributed by atoms with Crippen LogP contribution in [-0.4, -0.2) is 46.3 Å². The van der Waals surface area contributed by atoms with Gasteiger partial charge in [0, 0.05) is 37.0 Å². The number of furan rings is 1. The summed E-state index contributed by atoms with van der Waals surface area (Å²) in [7, 11) is 0. The Morgan fingerprint density at radius 1 is 1.13 bits per heavy atom. The molecule has 4 heterocycles. The van der Waals surface area contributed by atoms with Crippen LogP contribution >= 0.6 is 11.8 Å². The van der Waals surface area contributed by atoms with E-state index in [0.717, 1.165) is 42.8 Å². The second-order valence-electron chi connectivity index (χ2n) is 7.36. The zero-order chi connectivity index (χ0) is 21.0. The molecule has 0 aliphatic carbocycles. The lowest BCUT2D eigenvalue weighted by atomic mass is 10.2. The summed E-state index contributed by atoms with van der Waals surface area (Å²) in [4.78, 5) is 14.7. The highest BCUT2D eigenvalue weighted by Crippen LogP contribution is 2.34. The lowest BCUT2D eigenvalue weighted by Gasteiger charge is -2.17. The molecule has 10 heteroatoms. The number of carbonyl (C=O) groups is 1. The summed E-state index contributed by atoms with van der Waals surface area (Å²) < 4.78 is 18.3. The maximum absolute atomic E-state index is 12.4. The van der Waals surface area contributed by atoms with Crippen LogP contribution < -0.4 is 19.7 Å². The summed E-state index contributed by atoms with van der Waals surface area (Å²) in [5.41, 5.74) is 0.691. The number of anilines is 2. The number of amides is 1. The van der Waals surface area contributed by atoms with Gasteiger partial charge in [0.2, 0.25) is 18.6 Å². The van der Waals surface area contributed by atoms with Crippen LogP contribution in [0.2, 0.25) is 0 Å². The molecule has 1 saturated heterocycles. The molecule has 1 N–H and O–H groups in total. The Labute approximate surface area is 183 Å². The minimum absolute atomic E-state index is 0.0665. The van der Waals surface area contributed by atoms with Crippen molar-refractivity contribution < 1.29 is 18.7 Å². The Morgan fingerprint density at radius 2 is 2.00 bits per heavy atom. The normalized spacial score (nSPS) is 14.9. The summed E-state index contributed by atoms with van der Waals surface area (Å²) >= 11 is 1.52. The monoisotopic (exact) mass is 441 g/mol. The second-order valence-corrected chi connectivity index (χ2v) is 8.42. The van der Waals surface area contributed by atoms with E-state index in [-0.39, 0.29) is 12.7 Å². The summed E-state index contributed by atoms with van der Waals surface area (Å²) in [6.07, 6.45) is 4.35. The number of nitrogens with zero attached hydrogens (tertiary/aromatic N) is 4. The van der Waals surface area contributed by atoms with Crippen molar-refractivity contribution in [1.82, 2.24) is 14.8 Å². The van der Waals surface area contributed by atoms with Crippen LogP contribution in [0, 0.1) is 0 Å². The Kier molecular flexibility index (Phi) is 5.70. The largest absolute Gasteiger partial charge is 0.467 e. The number of carbonyl (C=O) groups excluding carboxylic acids is 1. The summed E-state index contributed by atoms with van der Waals surface area (Å²) in [5, 5.41) is 12.5. The molecular weight excluding hydrogens is 418 g/mol. The van der Waals surface area contributed by atoms with Gasteiger partial charge in [-0.25, -0.2) is 0 Å². The number of aromatic nitrogens is 3. The van der Waals surface area contributed by atoms with Gasteiger partial charge in [-0.15, -0.1) is 10.2 Å². The fraction of sp³-hybridized carbons (Fsp3) is 0.381. The van der Waals surface area contributed by atoms with E-state index in [1.165, 1.54) is 11.8 Å². The Morgan fingerprint density at radius 3 is 2.84 bits per heavy atom. The van der Waals surface area contributed by atoms with Crippen LogP contribution in [0.5, 0.6) is 11.5 Å². The van der Waals surface area contributed by atoms with Crippen molar-refractivity contribution in [3.8, 4) is 11.5 Å². The van der Waals surface area contributed by atoms with Crippen molar-refractivity contribution in [1.29, 1.82) is 0 Å². The molecule has 5 rings (SSSR count). The molecule has 1 aromatic carbocycles. The molecule has 0 unspecified atom stereocenters. The number of nitrogens with one attached hydrogen (secondary N) is 1. The van der Waals surface area contributed by atoms with Crippen LogP contribution in [0.25, 0.3) is 0 Å². The van der Waals surface area contributed by atoms with Crippen molar-refractivity contribution in [3.05, 3.63) is 42.4 Å². The lowest BCUT2D eigenvalue weighted by Crippen LogP contribution is -2.22. The molecule has 9 nitrogen and oxygen atoms in total. The number of hydrogen-bond donors (Lipinski definition) is 1. The van der Waals surface area contributed by atoms with E-state index in [0.29, 0.717) is 35.9 Å². The number of hydrogen-bond acceptors (Lipinski definition) is 8. The molecule has 0 radical (unpaired) electrons. The number of ether oxygens (including phenoxy) is 2. The first kappa shape index (κ1) is 19.8. The van der Waals surface area contributed by atoms with Crippen LogP contribution in [-0.2, 0) is 11.3 Å². The molecule has 3 aromatic rings. The third-order valence-electron chi connectivity index (χ3n) is 5.20. The molecule has 0 spiro atoms. The van der Waals surface area contributed by atoms with Gasteiger partial charge in [0.05, 0.1) is 12.8 Å². The minimum atomic E-state index is -0.0665. The van der Waals surface area contributed by atoms with Gasteiger partial charge < -0.3 is 24.1 Å². The van der Waals surface area contributed by atoms with Gasteiger partial charge in [-0.2, -0.15) is 0 Å². The SMILES string of the molecule is O=C(CCSc1nnc(N2CCCC2)n1Cc1ccco1)Nc1ccc2c(c1)OCO2. The average Bonchev–Trinajstić information content (AvgIpc) is 3.56. The fourth-order valence-electron chi connectivity index (χ4n) is 3.67. The fourth-order valence-corrected chi connectivity index (χ4v) is 4.54. The summed E-state index contributed by atoms with van der Waals surface area (Å²) in [6.45, 7) is 2.75. The zero-order valence-electron chi connectivity index (χ0n) is 17.0. The molecule has 2 aliphatic heterocycles. The smallest absolute Gasteiger partial charge is 0.231 e. The number of thioether (sulfide) groups is 1. The Hall–Kier alpha value is -3.14. The van der Waals surface area contributed by atoms with Crippen LogP contribution in [0.4, 0.5) is 11.6 Å². The number of rotatable bonds is 8. The van der Waals surface area contributed by atoms with E-state index >= 15 is 0 Å². The maximum atomic E-state index is 12.4. The summed E-state index contributed by atoms with van der Waals surface area (Å²) in [5.74, 6) is 3.57. The highest BCUT2D eigenvalue weighted by molar-refractivity contribution is 7.99. The maximum Gasteiger partial charge on any atom is 0.231 e. The minimum Gasteiger partial charge on any atom is -0.467 e. The first-order valence-corrected chi connectivity index (χ1v) is 11.3. The van der Waals surface area contributed by atoms with Crippen molar-refractivity contribution in [2.75, 3.05) is 35.9 Å². The van der Waals surface area contributed by atoms with Gasteiger partial charge in [0.15, 0.2) is 16.7 Å². The number of benzene rings is 1. The average molecular weight is 442 g/mol. The molecular formula is C21H23N5O4S. The van der Waals surface area contributed by atoms with E-state index in [4.69, 9.17) is 13.9 Å². The third-order valence-corrected chi connectivity index (χ3v) is 6.17. The van der Waals surface area contributed by atoms with Crippen molar-refractivity contribution >= 4 is 29.3 Å². The highest BCUT2D eigenvalue weighted by Gasteiger charge is 2.22. The Bertz CT molecular complexity index is 1050. The molecule has 0 saturated carbocycles. The van der Waals surface area contributed by atoms with Crippen LogP contribution in [0.3, 0.4) is 0 Å². The van der Waals surface area contributed by atoms with Crippen molar-refractivity contribution in [3.63, 3.8) is 0 Å². The molecule has 1 amide bonds. The highest BCUT2D eigenvalue weighted by atomic mass is 32.2. The molecule has 31 heavy (non-hydrogen) atoms. The number of fused-ring (bicyclic) bond motifs is 1. The first-order valence-electron chi connectivity index (χ1n) is 10.3. The van der Waals surface area contributed by atoms with Gasteiger partial charge in [-0.05, 0) is 37.1 Å². The van der Waals surface area contributed by atoms with Gasteiger partial charge >= 0.3 is 0 Å². The van der Waals surface area contributed by atoms with E-state index in [2.05, 4.69) is 25.0 Å². The molecule has 1 fully saturated rings. The van der Waals surface area contributed by atoms with Gasteiger partial charge in [-0.1, -0.05) is 11.8 Å². The lowest BCUT2D eigenvalue weighted by molar-refractivity contribution is -0.115. The standard InChI is InChI=1S/C21H23N5O4S/c27-19(22-15-5-6-17-18(12-15)30-14-29-17)7-11-31-21-24-23-20(25-8-1-2-9-25)26(21)13-16-4-3-10-28-16/h3-6,10,12H,1-2,7-9,11,13-14H2,(H,22,27). The molecule has 0 atom stereocenters. The van der Waals surface area contributed by atoms with Gasteiger partial charge in [0.1, 0.15) is 5.76 Å². The molecule has 2 aromatic heterocycles. The predicted molar refractivity (Wildman–Crippen MR) is 116 cm³/mol. The van der Waals surface area contributed by atoms with Crippen molar-refractivity contribution in [2.45, 2.75) is 31.0 Å². The third kappa shape index (κ3) is 4.48. The molecule has 162 valence electrons. The van der Waals surface area contributed by atoms with E-state index in [9.17, 15) is 4.79 Å². The topological polar surface area (TPSA) is 94.7 Å². The van der Waals surface area contributed by atoms with E-state index in [1.54, 1.807) is 24.5 Å². The van der Waals surface area contributed by atoms with E-state index < -0.39 is 0 Å².